The Hall–Kier alpha value is -0.120. The van der Waals surface area contributed by atoms with E-state index in [1.807, 2.05) is 0 Å². The van der Waals surface area contributed by atoms with Crippen LogP contribution in [0.15, 0.2) is 0 Å². The normalized spacial score (nSPS) is 50.5. The largest absolute Gasteiger partial charge is 0.394 e. The number of aliphatic hydroxyl groups excluding tert-OH is 1. The predicted octanol–water partition coefficient (Wildman–Crippen LogP) is 1.09. The van der Waals surface area contributed by atoms with E-state index in [-0.39, 0.29) is 24.4 Å². The van der Waals surface area contributed by atoms with Crippen LogP contribution in [0.3, 0.4) is 0 Å². The Kier molecular flexibility index (Phi) is 2.34. The van der Waals surface area contributed by atoms with Crippen LogP contribution in [0.1, 0.15) is 33.1 Å². The zero-order valence-electron chi connectivity index (χ0n) is 8.32. The summed E-state index contributed by atoms with van der Waals surface area (Å²) >= 11 is 0. The molecular weight excluding hydrogens is 168 g/mol. The summed E-state index contributed by atoms with van der Waals surface area (Å²) in [7, 11) is 0. The minimum Gasteiger partial charge on any atom is -0.394 e. The van der Waals surface area contributed by atoms with Gasteiger partial charge in [0.2, 0.25) is 0 Å². The highest BCUT2D eigenvalue weighted by Crippen LogP contribution is 2.43. The van der Waals surface area contributed by atoms with Gasteiger partial charge in [-0.1, -0.05) is 0 Å². The molecule has 0 aliphatic carbocycles. The van der Waals surface area contributed by atoms with Crippen LogP contribution in [0.5, 0.6) is 0 Å². The van der Waals surface area contributed by atoms with Crippen molar-refractivity contribution in [2.45, 2.75) is 57.0 Å². The zero-order valence-corrected chi connectivity index (χ0v) is 8.32. The summed E-state index contributed by atoms with van der Waals surface area (Å²) in [6, 6.07) is 0. The highest BCUT2D eigenvalue weighted by atomic mass is 16.6. The molecule has 0 saturated carbocycles. The highest BCUT2D eigenvalue weighted by Gasteiger charge is 2.50. The lowest BCUT2D eigenvalue weighted by molar-refractivity contribution is -0.0918. The fraction of sp³-hybridized carbons (Fsp3) is 1.00. The average molecular weight is 186 g/mol. The van der Waals surface area contributed by atoms with E-state index in [4.69, 9.17) is 14.6 Å². The smallest absolute Gasteiger partial charge is 0.0970 e. The first-order valence-electron chi connectivity index (χ1n) is 5.10. The molecule has 0 bridgehead atoms. The van der Waals surface area contributed by atoms with Crippen molar-refractivity contribution < 1.29 is 14.6 Å². The van der Waals surface area contributed by atoms with Gasteiger partial charge in [-0.15, -0.1) is 0 Å². The fourth-order valence-corrected chi connectivity index (χ4v) is 2.61. The van der Waals surface area contributed by atoms with E-state index in [1.54, 1.807) is 0 Å². The van der Waals surface area contributed by atoms with Gasteiger partial charge in [-0.2, -0.15) is 0 Å². The van der Waals surface area contributed by atoms with Crippen LogP contribution >= 0.6 is 0 Å². The van der Waals surface area contributed by atoms with Gasteiger partial charge in [-0.25, -0.2) is 0 Å². The minimum absolute atomic E-state index is 0.0383. The highest BCUT2D eigenvalue weighted by molar-refractivity contribution is 4.99. The van der Waals surface area contributed by atoms with Gasteiger partial charge in [0.1, 0.15) is 0 Å². The van der Waals surface area contributed by atoms with Gasteiger partial charge in [-0.3, -0.25) is 0 Å². The second-order valence-electron chi connectivity index (χ2n) is 4.32. The van der Waals surface area contributed by atoms with E-state index >= 15 is 0 Å². The van der Waals surface area contributed by atoms with E-state index in [0.29, 0.717) is 6.10 Å². The van der Waals surface area contributed by atoms with Crippen molar-refractivity contribution in [3.8, 4) is 0 Å². The van der Waals surface area contributed by atoms with Gasteiger partial charge in [0.15, 0.2) is 0 Å². The molecule has 4 atom stereocenters. The molecule has 1 N–H and O–H groups in total. The van der Waals surface area contributed by atoms with Crippen molar-refractivity contribution in [1.82, 2.24) is 0 Å². The molecule has 76 valence electrons. The van der Waals surface area contributed by atoms with Crippen molar-refractivity contribution in [2.75, 3.05) is 6.61 Å². The van der Waals surface area contributed by atoms with E-state index in [2.05, 4.69) is 13.8 Å². The van der Waals surface area contributed by atoms with E-state index < -0.39 is 0 Å². The van der Waals surface area contributed by atoms with Crippen LogP contribution in [0.25, 0.3) is 0 Å². The Morgan fingerprint density at radius 3 is 2.69 bits per heavy atom. The molecule has 0 aromatic rings. The molecule has 2 fully saturated rings. The SMILES string of the molecule is C[C@@H]1C[C@]2(CC[C@H](CO)O2)[C@@H](C)O1. The lowest BCUT2D eigenvalue weighted by atomic mass is 9.91. The third-order valence-corrected chi connectivity index (χ3v) is 3.30. The fourth-order valence-electron chi connectivity index (χ4n) is 2.61. The Morgan fingerprint density at radius 1 is 1.46 bits per heavy atom. The van der Waals surface area contributed by atoms with E-state index in [0.717, 1.165) is 19.3 Å². The molecule has 0 amide bonds. The Balaban J connectivity index is 2.06. The molecule has 0 aromatic carbocycles. The summed E-state index contributed by atoms with van der Waals surface area (Å²) < 4.78 is 11.6. The van der Waals surface area contributed by atoms with Crippen LogP contribution < -0.4 is 0 Å². The molecule has 2 rings (SSSR count). The quantitative estimate of drug-likeness (QED) is 0.666. The summed E-state index contributed by atoms with van der Waals surface area (Å²) in [6.45, 7) is 4.30. The number of hydrogen-bond donors (Lipinski definition) is 1. The number of hydrogen-bond acceptors (Lipinski definition) is 3. The number of rotatable bonds is 1. The van der Waals surface area contributed by atoms with Gasteiger partial charge < -0.3 is 14.6 Å². The number of aliphatic hydroxyl groups is 1. The van der Waals surface area contributed by atoms with Gasteiger partial charge in [0.25, 0.3) is 0 Å². The van der Waals surface area contributed by atoms with Gasteiger partial charge in [-0.05, 0) is 26.7 Å². The summed E-state index contributed by atoms with van der Waals surface area (Å²) in [5, 5.41) is 9.00. The summed E-state index contributed by atoms with van der Waals surface area (Å²) in [4.78, 5) is 0. The van der Waals surface area contributed by atoms with Gasteiger partial charge in [0.05, 0.1) is 30.5 Å². The molecular formula is C10H18O3. The van der Waals surface area contributed by atoms with Crippen LogP contribution in [-0.4, -0.2) is 35.6 Å². The molecule has 2 aliphatic heterocycles. The first kappa shape index (κ1) is 9.44. The van der Waals surface area contributed by atoms with E-state index in [9.17, 15) is 0 Å². The minimum atomic E-state index is -0.0905. The Bertz CT molecular complexity index is 195. The third-order valence-electron chi connectivity index (χ3n) is 3.30. The molecule has 3 nitrogen and oxygen atoms in total. The second kappa shape index (κ2) is 3.23. The molecule has 13 heavy (non-hydrogen) atoms. The lowest BCUT2D eigenvalue weighted by Crippen LogP contribution is -2.36. The number of ether oxygens (including phenoxy) is 2. The Morgan fingerprint density at radius 2 is 2.23 bits per heavy atom. The van der Waals surface area contributed by atoms with Crippen molar-refractivity contribution >= 4 is 0 Å². The van der Waals surface area contributed by atoms with Crippen LogP contribution in [-0.2, 0) is 9.47 Å². The second-order valence-corrected chi connectivity index (χ2v) is 4.32. The molecule has 1 spiro atoms. The standard InChI is InChI=1S/C10H18O3/c1-7-5-10(8(2)12-7)4-3-9(6-11)13-10/h7-9,11H,3-6H2,1-2H3/t7-,8-,9-,10-/m1/s1. The van der Waals surface area contributed by atoms with Crippen LogP contribution in [0, 0.1) is 0 Å². The monoisotopic (exact) mass is 186 g/mol. The first-order chi connectivity index (χ1) is 6.16. The van der Waals surface area contributed by atoms with E-state index in [1.165, 1.54) is 0 Å². The van der Waals surface area contributed by atoms with Crippen molar-refractivity contribution in [3.63, 3.8) is 0 Å². The maximum Gasteiger partial charge on any atom is 0.0970 e. The van der Waals surface area contributed by atoms with Crippen molar-refractivity contribution in [1.29, 1.82) is 0 Å². The lowest BCUT2D eigenvalue weighted by Gasteiger charge is -2.27. The average Bonchev–Trinajstić information content (AvgIpc) is 2.59. The maximum absolute atomic E-state index is 9.00. The van der Waals surface area contributed by atoms with Gasteiger partial charge >= 0.3 is 0 Å². The molecule has 3 heteroatoms. The van der Waals surface area contributed by atoms with Crippen molar-refractivity contribution in [3.05, 3.63) is 0 Å². The van der Waals surface area contributed by atoms with Gasteiger partial charge in [0, 0.05) is 6.42 Å². The maximum atomic E-state index is 9.00. The van der Waals surface area contributed by atoms with Crippen LogP contribution in [0.4, 0.5) is 0 Å². The summed E-state index contributed by atoms with van der Waals surface area (Å²) in [5.74, 6) is 0. The molecule has 0 unspecified atom stereocenters. The molecule has 2 aliphatic rings. The molecule has 0 radical (unpaired) electrons. The predicted molar refractivity (Wildman–Crippen MR) is 48.5 cm³/mol. The van der Waals surface area contributed by atoms with Crippen molar-refractivity contribution in [2.24, 2.45) is 0 Å². The summed E-state index contributed by atoms with van der Waals surface area (Å²) in [5.41, 5.74) is -0.0905. The molecule has 2 saturated heterocycles. The Labute approximate surface area is 79.0 Å². The van der Waals surface area contributed by atoms with Crippen LogP contribution in [0.2, 0.25) is 0 Å². The topological polar surface area (TPSA) is 38.7 Å². The third kappa shape index (κ3) is 1.49. The first-order valence-corrected chi connectivity index (χ1v) is 5.10. The molecule has 0 aromatic heterocycles. The molecule has 2 heterocycles. The zero-order chi connectivity index (χ0) is 9.47. The summed E-state index contributed by atoms with van der Waals surface area (Å²) in [6.07, 6.45) is 3.49.